The third kappa shape index (κ3) is 3.31. The molecule has 0 aliphatic rings. The van der Waals surface area contributed by atoms with Gasteiger partial charge in [0.15, 0.2) is 5.76 Å². The average molecular weight is 286 g/mol. The lowest BCUT2D eigenvalue weighted by Gasteiger charge is -2.16. The molecule has 1 heterocycles. The number of carbonyl (C=O) groups excluding carboxylic acids is 2. The molecule has 0 unspecified atom stereocenters. The Hall–Kier alpha value is -2.56. The summed E-state index contributed by atoms with van der Waals surface area (Å²) in [6, 6.07) is 8.49. The van der Waals surface area contributed by atoms with Crippen LogP contribution in [0.2, 0.25) is 0 Å². The summed E-state index contributed by atoms with van der Waals surface area (Å²) >= 11 is 0. The molecule has 2 aromatic rings. The van der Waals surface area contributed by atoms with Crippen LogP contribution < -0.4 is 5.32 Å². The zero-order chi connectivity index (χ0) is 15.4. The fraction of sp³-hybridized carbons (Fsp3) is 0.250. The van der Waals surface area contributed by atoms with Gasteiger partial charge in [-0.05, 0) is 43.7 Å². The van der Waals surface area contributed by atoms with E-state index in [0.717, 1.165) is 5.56 Å². The van der Waals surface area contributed by atoms with Gasteiger partial charge >= 0.3 is 0 Å². The average Bonchev–Trinajstić information content (AvgIpc) is 3.02. The van der Waals surface area contributed by atoms with E-state index in [1.54, 1.807) is 36.2 Å². The van der Waals surface area contributed by atoms with Crippen molar-refractivity contribution in [2.45, 2.75) is 13.8 Å². The summed E-state index contributed by atoms with van der Waals surface area (Å²) < 4.78 is 5.05. The van der Waals surface area contributed by atoms with E-state index in [0.29, 0.717) is 17.8 Å². The molecule has 1 aromatic heterocycles. The predicted molar refractivity (Wildman–Crippen MR) is 80.5 cm³/mol. The Morgan fingerprint density at radius 3 is 2.67 bits per heavy atom. The van der Waals surface area contributed by atoms with Gasteiger partial charge < -0.3 is 14.6 Å². The lowest BCUT2D eigenvalue weighted by molar-refractivity contribution is 0.0802. The second-order valence-corrected chi connectivity index (χ2v) is 4.78. The highest BCUT2D eigenvalue weighted by molar-refractivity contribution is 6.03. The number of carbonyl (C=O) groups is 2. The maximum atomic E-state index is 12.1. The third-order valence-electron chi connectivity index (χ3n) is 3.30. The molecular weight excluding hydrogens is 268 g/mol. The van der Waals surface area contributed by atoms with Crippen molar-refractivity contribution in [1.29, 1.82) is 0 Å². The molecular formula is C16H18N2O3. The molecule has 2 rings (SSSR count). The summed E-state index contributed by atoms with van der Waals surface area (Å²) in [5.74, 6) is -0.181. The summed E-state index contributed by atoms with van der Waals surface area (Å²) in [7, 11) is 1.74. The molecule has 0 aliphatic carbocycles. The maximum Gasteiger partial charge on any atom is 0.291 e. The fourth-order valence-electron chi connectivity index (χ4n) is 1.85. The van der Waals surface area contributed by atoms with Crippen LogP contribution in [0.1, 0.15) is 33.4 Å². The lowest BCUT2D eigenvalue weighted by Crippen LogP contribution is -2.26. The van der Waals surface area contributed by atoms with Gasteiger partial charge in [0, 0.05) is 24.8 Å². The third-order valence-corrected chi connectivity index (χ3v) is 3.30. The first-order valence-electron chi connectivity index (χ1n) is 6.74. The van der Waals surface area contributed by atoms with Crippen molar-refractivity contribution >= 4 is 17.5 Å². The number of rotatable bonds is 4. The van der Waals surface area contributed by atoms with Gasteiger partial charge in [-0.1, -0.05) is 6.07 Å². The van der Waals surface area contributed by atoms with Crippen molar-refractivity contribution in [3.05, 3.63) is 53.5 Å². The van der Waals surface area contributed by atoms with Gasteiger partial charge in [-0.3, -0.25) is 9.59 Å². The van der Waals surface area contributed by atoms with E-state index in [9.17, 15) is 9.59 Å². The van der Waals surface area contributed by atoms with Crippen LogP contribution in [0, 0.1) is 6.92 Å². The van der Waals surface area contributed by atoms with E-state index in [1.807, 2.05) is 19.9 Å². The molecule has 0 saturated heterocycles. The van der Waals surface area contributed by atoms with Crippen LogP contribution >= 0.6 is 0 Å². The topological polar surface area (TPSA) is 62.6 Å². The molecule has 110 valence electrons. The summed E-state index contributed by atoms with van der Waals surface area (Å²) in [5.41, 5.74) is 2.03. The first-order valence-corrected chi connectivity index (χ1v) is 6.74. The number of nitrogens with one attached hydrogen (secondary N) is 1. The zero-order valence-corrected chi connectivity index (χ0v) is 12.3. The van der Waals surface area contributed by atoms with Crippen LogP contribution in [-0.4, -0.2) is 30.3 Å². The van der Waals surface area contributed by atoms with Crippen LogP contribution in [0.15, 0.2) is 41.0 Å². The Kier molecular flexibility index (Phi) is 4.42. The molecule has 0 spiro atoms. The Morgan fingerprint density at radius 1 is 1.29 bits per heavy atom. The Labute approximate surface area is 123 Å². The Bertz CT molecular complexity index is 648. The van der Waals surface area contributed by atoms with Gasteiger partial charge in [-0.25, -0.2) is 0 Å². The molecule has 5 heteroatoms. The first-order chi connectivity index (χ1) is 10.0. The quantitative estimate of drug-likeness (QED) is 0.940. The molecule has 21 heavy (non-hydrogen) atoms. The number of anilines is 1. The molecule has 0 radical (unpaired) electrons. The molecule has 0 bridgehead atoms. The van der Waals surface area contributed by atoms with E-state index in [1.165, 1.54) is 6.26 Å². The SMILES string of the molecule is CCN(C)C(=O)c1ccc(C)c(NC(=O)c2ccco2)c1. The number of furan rings is 1. The van der Waals surface area contributed by atoms with Crippen LogP contribution in [-0.2, 0) is 0 Å². The predicted octanol–water partition coefficient (Wildman–Crippen LogP) is 2.93. The second-order valence-electron chi connectivity index (χ2n) is 4.78. The Morgan fingerprint density at radius 2 is 2.05 bits per heavy atom. The summed E-state index contributed by atoms with van der Waals surface area (Å²) in [6.45, 7) is 4.40. The van der Waals surface area contributed by atoms with Gasteiger partial charge in [0.2, 0.25) is 0 Å². The number of amides is 2. The molecule has 1 N–H and O–H groups in total. The van der Waals surface area contributed by atoms with Crippen molar-refractivity contribution in [3.8, 4) is 0 Å². The largest absolute Gasteiger partial charge is 0.459 e. The van der Waals surface area contributed by atoms with E-state index in [-0.39, 0.29) is 17.6 Å². The fourth-order valence-corrected chi connectivity index (χ4v) is 1.85. The lowest BCUT2D eigenvalue weighted by atomic mass is 10.1. The van der Waals surface area contributed by atoms with E-state index >= 15 is 0 Å². The molecule has 0 aliphatic heterocycles. The summed E-state index contributed by atoms with van der Waals surface area (Å²) in [6.07, 6.45) is 1.44. The highest BCUT2D eigenvalue weighted by Gasteiger charge is 2.14. The maximum absolute atomic E-state index is 12.1. The molecule has 1 aromatic carbocycles. The summed E-state index contributed by atoms with van der Waals surface area (Å²) in [5, 5.41) is 2.76. The zero-order valence-electron chi connectivity index (χ0n) is 12.3. The van der Waals surface area contributed by atoms with Gasteiger partial charge in [0.05, 0.1) is 6.26 Å². The number of hydrogen-bond donors (Lipinski definition) is 1. The van der Waals surface area contributed by atoms with Gasteiger partial charge in [-0.15, -0.1) is 0 Å². The van der Waals surface area contributed by atoms with E-state index < -0.39 is 0 Å². The van der Waals surface area contributed by atoms with Crippen LogP contribution in [0.25, 0.3) is 0 Å². The highest BCUT2D eigenvalue weighted by Crippen LogP contribution is 2.19. The van der Waals surface area contributed by atoms with Crippen LogP contribution in [0.4, 0.5) is 5.69 Å². The second kappa shape index (κ2) is 6.26. The van der Waals surface area contributed by atoms with E-state index in [2.05, 4.69) is 5.32 Å². The van der Waals surface area contributed by atoms with Crippen LogP contribution in [0.5, 0.6) is 0 Å². The first kappa shape index (κ1) is 14.8. The minimum atomic E-state index is -0.337. The molecule has 2 amide bonds. The smallest absolute Gasteiger partial charge is 0.291 e. The van der Waals surface area contributed by atoms with Gasteiger partial charge in [0.1, 0.15) is 0 Å². The van der Waals surface area contributed by atoms with Crippen molar-refractivity contribution < 1.29 is 14.0 Å². The number of hydrogen-bond acceptors (Lipinski definition) is 3. The molecule has 0 atom stereocenters. The molecule has 5 nitrogen and oxygen atoms in total. The number of aryl methyl sites for hydroxylation is 1. The van der Waals surface area contributed by atoms with Crippen LogP contribution in [0.3, 0.4) is 0 Å². The summed E-state index contributed by atoms with van der Waals surface area (Å²) in [4.78, 5) is 25.8. The minimum Gasteiger partial charge on any atom is -0.459 e. The standard InChI is InChI=1S/C16H18N2O3/c1-4-18(3)16(20)12-8-7-11(2)13(10-12)17-15(19)14-6-5-9-21-14/h5-10H,4H2,1-3H3,(H,17,19). The number of nitrogens with zero attached hydrogens (tertiary/aromatic N) is 1. The minimum absolute atomic E-state index is 0.0778. The van der Waals surface area contributed by atoms with Crippen molar-refractivity contribution in [1.82, 2.24) is 4.90 Å². The normalized spacial score (nSPS) is 10.2. The molecule has 0 saturated carbocycles. The highest BCUT2D eigenvalue weighted by atomic mass is 16.3. The van der Waals surface area contributed by atoms with Gasteiger partial charge in [-0.2, -0.15) is 0 Å². The van der Waals surface area contributed by atoms with Gasteiger partial charge in [0.25, 0.3) is 11.8 Å². The number of benzene rings is 1. The van der Waals surface area contributed by atoms with Crippen molar-refractivity contribution in [3.63, 3.8) is 0 Å². The molecule has 0 fully saturated rings. The van der Waals surface area contributed by atoms with Crippen molar-refractivity contribution in [2.75, 3.05) is 18.9 Å². The monoisotopic (exact) mass is 286 g/mol. The van der Waals surface area contributed by atoms with Crippen molar-refractivity contribution in [2.24, 2.45) is 0 Å². The van der Waals surface area contributed by atoms with E-state index in [4.69, 9.17) is 4.42 Å². The Balaban J connectivity index is 2.23.